The zero-order valence-electron chi connectivity index (χ0n) is 16.1. The van der Waals surface area contributed by atoms with Crippen LogP contribution >= 0.6 is 0 Å². The lowest BCUT2D eigenvalue weighted by atomic mass is 10.1. The van der Waals surface area contributed by atoms with Crippen molar-refractivity contribution in [2.45, 2.75) is 34.3 Å². The molecule has 0 aliphatic carbocycles. The molecule has 8 heteroatoms. The summed E-state index contributed by atoms with van der Waals surface area (Å²) in [5.74, 6) is -0.332. The lowest BCUT2D eigenvalue weighted by Crippen LogP contribution is -2.19. The Labute approximate surface area is 161 Å². The van der Waals surface area contributed by atoms with Crippen LogP contribution in [0, 0.1) is 19.8 Å². The van der Waals surface area contributed by atoms with Crippen molar-refractivity contribution in [2.75, 3.05) is 5.32 Å². The lowest BCUT2D eigenvalue weighted by molar-refractivity contribution is -0.118. The quantitative estimate of drug-likeness (QED) is 0.680. The molecule has 146 valence electrons. The summed E-state index contributed by atoms with van der Waals surface area (Å²) >= 11 is 0. The van der Waals surface area contributed by atoms with Gasteiger partial charge in [0.25, 0.3) is 5.56 Å². The van der Waals surface area contributed by atoms with Crippen molar-refractivity contribution >= 4 is 23.2 Å². The lowest BCUT2D eigenvalue weighted by Gasteiger charge is -2.13. The second-order valence-corrected chi connectivity index (χ2v) is 6.78. The average Bonchev–Trinajstić information content (AvgIpc) is 3.02. The molecule has 2 aromatic heterocycles. The van der Waals surface area contributed by atoms with Gasteiger partial charge in [-0.1, -0.05) is 19.9 Å². The van der Waals surface area contributed by atoms with Gasteiger partial charge >= 0.3 is 5.97 Å². The first-order chi connectivity index (χ1) is 13.3. The highest BCUT2D eigenvalue weighted by Gasteiger charge is 2.16. The fourth-order valence-corrected chi connectivity index (χ4v) is 2.63. The Morgan fingerprint density at radius 3 is 2.71 bits per heavy atom. The van der Waals surface area contributed by atoms with Gasteiger partial charge in [0.2, 0.25) is 5.91 Å². The van der Waals surface area contributed by atoms with E-state index in [0.717, 1.165) is 4.57 Å². The number of carbonyl (C=O) groups excluding carboxylic acids is 2. The van der Waals surface area contributed by atoms with Crippen molar-refractivity contribution in [3.05, 3.63) is 63.3 Å². The first kappa shape index (κ1) is 19.3. The number of hydrogen-bond acceptors (Lipinski definition) is 6. The smallest absolute Gasteiger partial charge is 0.338 e. The molecular formula is C20H21N3O5. The van der Waals surface area contributed by atoms with Crippen LogP contribution in [0.15, 0.2) is 39.6 Å². The van der Waals surface area contributed by atoms with E-state index in [-0.39, 0.29) is 18.4 Å². The number of nitrogens with one attached hydrogen (secondary N) is 1. The van der Waals surface area contributed by atoms with Crippen LogP contribution in [0.3, 0.4) is 0 Å². The molecule has 1 N–H and O–H groups in total. The molecule has 1 aromatic carbocycles. The summed E-state index contributed by atoms with van der Waals surface area (Å²) in [6, 6.07) is 7.90. The second-order valence-electron chi connectivity index (χ2n) is 6.78. The zero-order chi connectivity index (χ0) is 20.4. The molecular weight excluding hydrogens is 362 g/mol. The number of fused-ring (bicyclic) bond motifs is 1. The summed E-state index contributed by atoms with van der Waals surface area (Å²) < 4.78 is 11.6. The number of carbonyl (C=O) groups is 2. The van der Waals surface area contributed by atoms with E-state index >= 15 is 0 Å². The normalized spacial score (nSPS) is 11.0. The summed E-state index contributed by atoms with van der Waals surface area (Å²) in [7, 11) is 0. The number of amides is 1. The van der Waals surface area contributed by atoms with Gasteiger partial charge in [-0.2, -0.15) is 0 Å². The van der Waals surface area contributed by atoms with Crippen molar-refractivity contribution in [1.82, 2.24) is 9.56 Å². The number of anilines is 1. The molecule has 8 nitrogen and oxygen atoms in total. The van der Waals surface area contributed by atoms with Gasteiger partial charge in [0.05, 0.1) is 11.3 Å². The van der Waals surface area contributed by atoms with E-state index in [2.05, 4.69) is 10.3 Å². The van der Waals surface area contributed by atoms with Crippen molar-refractivity contribution < 1.29 is 18.8 Å². The highest BCUT2D eigenvalue weighted by Crippen LogP contribution is 2.21. The molecule has 0 unspecified atom stereocenters. The van der Waals surface area contributed by atoms with Crippen LogP contribution in [0.4, 0.5) is 5.69 Å². The Hall–Kier alpha value is -3.42. The summed E-state index contributed by atoms with van der Waals surface area (Å²) in [6.45, 7) is 6.86. The summed E-state index contributed by atoms with van der Waals surface area (Å²) in [6.07, 6.45) is 0. The molecule has 0 spiro atoms. The number of rotatable bonds is 5. The van der Waals surface area contributed by atoms with Gasteiger partial charge in [-0.15, -0.1) is 4.57 Å². The molecule has 0 radical (unpaired) electrons. The summed E-state index contributed by atoms with van der Waals surface area (Å²) in [5, 5.41) is 2.80. The number of aromatic nitrogens is 2. The van der Waals surface area contributed by atoms with Gasteiger partial charge in [-0.05, 0) is 31.5 Å². The Kier molecular flexibility index (Phi) is 5.30. The molecule has 0 fully saturated rings. The topological polar surface area (TPSA) is 103 Å². The zero-order valence-corrected chi connectivity index (χ0v) is 16.1. The van der Waals surface area contributed by atoms with Gasteiger partial charge < -0.3 is 14.6 Å². The number of nitrogens with zero attached hydrogens (tertiary/aromatic N) is 2. The predicted octanol–water partition coefficient (Wildman–Crippen LogP) is 2.86. The van der Waals surface area contributed by atoms with E-state index in [1.54, 1.807) is 52.0 Å². The molecule has 0 aliphatic heterocycles. The third kappa shape index (κ3) is 3.95. The van der Waals surface area contributed by atoms with Crippen molar-refractivity contribution in [3.63, 3.8) is 0 Å². The number of aryl methyl sites for hydroxylation is 1. The van der Waals surface area contributed by atoms with Crippen LogP contribution in [-0.2, 0) is 16.1 Å². The number of hydrogen-bond donors (Lipinski definition) is 1. The fraction of sp³-hybridized carbons (Fsp3) is 0.300. The first-order valence-electron chi connectivity index (χ1n) is 8.83. The number of benzene rings is 1. The maximum atomic E-state index is 12.5. The number of ether oxygens (including phenoxy) is 1. The molecule has 0 saturated heterocycles. The summed E-state index contributed by atoms with van der Waals surface area (Å²) in [4.78, 5) is 40.7. The average molecular weight is 383 g/mol. The molecule has 2 heterocycles. The van der Waals surface area contributed by atoms with Crippen molar-refractivity contribution in [3.8, 4) is 0 Å². The molecule has 0 saturated carbocycles. The van der Waals surface area contributed by atoms with Crippen molar-refractivity contribution in [1.29, 1.82) is 0 Å². The van der Waals surface area contributed by atoms with Gasteiger partial charge in [0.15, 0.2) is 5.65 Å². The van der Waals surface area contributed by atoms with Gasteiger partial charge in [0.1, 0.15) is 12.4 Å². The Morgan fingerprint density at radius 1 is 1.25 bits per heavy atom. The maximum absolute atomic E-state index is 12.5. The Morgan fingerprint density at radius 2 is 2.00 bits per heavy atom. The molecule has 3 aromatic rings. The third-order valence-electron chi connectivity index (χ3n) is 4.21. The molecule has 0 bridgehead atoms. The van der Waals surface area contributed by atoms with Crippen LogP contribution in [0.5, 0.6) is 0 Å². The van der Waals surface area contributed by atoms with E-state index in [4.69, 9.17) is 9.26 Å². The largest absolute Gasteiger partial charge is 0.456 e. The van der Waals surface area contributed by atoms with E-state index in [9.17, 15) is 14.4 Å². The third-order valence-corrected chi connectivity index (χ3v) is 4.21. The van der Waals surface area contributed by atoms with Crippen LogP contribution in [0.25, 0.3) is 5.65 Å². The van der Waals surface area contributed by atoms with Crippen LogP contribution in [0.1, 0.15) is 41.2 Å². The van der Waals surface area contributed by atoms with Gasteiger partial charge in [-0.3, -0.25) is 9.59 Å². The fourth-order valence-electron chi connectivity index (χ4n) is 2.63. The van der Waals surface area contributed by atoms with Crippen LogP contribution in [-0.4, -0.2) is 21.4 Å². The van der Waals surface area contributed by atoms with Crippen LogP contribution < -0.4 is 10.9 Å². The standard InChI is InChI=1S/C20H21N3O5/c1-11(2)19(25)22-16-7-5-6-15(13(16)4)20(26)27-10-14-9-18(24)23-17(21-14)8-12(3)28-23/h5-9,11H,10H2,1-4H3,(H,22,25). The second kappa shape index (κ2) is 7.67. The van der Waals surface area contributed by atoms with Gasteiger partial charge in [0, 0.05) is 23.7 Å². The van der Waals surface area contributed by atoms with E-state index in [1.807, 2.05) is 0 Å². The SMILES string of the molecule is Cc1cc2nc(COC(=O)c3cccc(NC(=O)C(C)C)c3C)cc(=O)n2o1. The Balaban J connectivity index is 1.76. The molecule has 1 amide bonds. The molecule has 28 heavy (non-hydrogen) atoms. The minimum absolute atomic E-state index is 0.137. The number of esters is 1. The summed E-state index contributed by atoms with van der Waals surface area (Å²) in [5.41, 5.74) is 1.78. The Bertz CT molecular complexity index is 1110. The van der Waals surface area contributed by atoms with Gasteiger partial charge in [-0.25, -0.2) is 9.78 Å². The monoisotopic (exact) mass is 383 g/mol. The van der Waals surface area contributed by atoms with E-state index in [0.29, 0.717) is 33.9 Å². The predicted molar refractivity (Wildman–Crippen MR) is 102 cm³/mol. The maximum Gasteiger partial charge on any atom is 0.338 e. The molecule has 0 atom stereocenters. The first-order valence-corrected chi connectivity index (χ1v) is 8.83. The minimum Gasteiger partial charge on any atom is -0.456 e. The highest BCUT2D eigenvalue weighted by atomic mass is 16.5. The van der Waals surface area contributed by atoms with Crippen LogP contribution in [0.2, 0.25) is 0 Å². The molecule has 3 rings (SSSR count). The van der Waals surface area contributed by atoms with Crippen molar-refractivity contribution in [2.24, 2.45) is 5.92 Å². The minimum atomic E-state index is -0.566. The van der Waals surface area contributed by atoms with E-state index < -0.39 is 11.5 Å². The molecule has 0 aliphatic rings. The van der Waals surface area contributed by atoms with E-state index in [1.165, 1.54) is 6.07 Å². The highest BCUT2D eigenvalue weighted by molar-refractivity contribution is 5.97.